The molecule has 5 nitrogen and oxygen atoms in total. The van der Waals surface area contributed by atoms with E-state index < -0.39 is 0 Å². The van der Waals surface area contributed by atoms with Crippen LogP contribution in [0.4, 0.5) is 5.88 Å². The minimum atomic E-state index is 0.270. The highest BCUT2D eigenvalue weighted by Crippen LogP contribution is 2.40. The summed E-state index contributed by atoms with van der Waals surface area (Å²) in [6.45, 7) is 3.90. The van der Waals surface area contributed by atoms with Crippen LogP contribution in [0.2, 0.25) is 0 Å². The van der Waals surface area contributed by atoms with Crippen LogP contribution in [0.3, 0.4) is 0 Å². The fourth-order valence-electron chi connectivity index (χ4n) is 2.05. The first-order chi connectivity index (χ1) is 8.58. The number of nitrogens with zero attached hydrogens (tertiary/aromatic N) is 1. The molecule has 96 valence electrons. The minimum Gasteiger partial charge on any atom is -0.496 e. The predicted octanol–water partition coefficient (Wildman–Crippen LogP) is 2.56. The molecule has 0 unspecified atom stereocenters. The first kappa shape index (κ1) is 12.3. The molecule has 18 heavy (non-hydrogen) atoms. The average molecular weight is 248 g/mol. The van der Waals surface area contributed by atoms with E-state index in [2.05, 4.69) is 5.16 Å². The largest absolute Gasteiger partial charge is 0.496 e. The summed E-state index contributed by atoms with van der Waals surface area (Å²) in [5, 5.41) is 3.94. The van der Waals surface area contributed by atoms with Gasteiger partial charge in [0.15, 0.2) is 0 Å². The van der Waals surface area contributed by atoms with Gasteiger partial charge in [0.2, 0.25) is 5.88 Å². The van der Waals surface area contributed by atoms with E-state index in [1.807, 2.05) is 19.9 Å². The van der Waals surface area contributed by atoms with Crippen molar-refractivity contribution in [3.8, 4) is 22.8 Å². The Morgan fingerprint density at radius 3 is 2.39 bits per heavy atom. The molecule has 0 aliphatic carbocycles. The van der Waals surface area contributed by atoms with E-state index in [1.165, 1.54) is 0 Å². The Bertz CT molecular complexity index is 576. The molecule has 2 N–H and O–H groups in total. The Hall–Kier alpha value is -2.17. The van der Waals surface area contributed by atoms with Gasteiger partial charge in [0.1, 0.15) is 17.2 Å². The van der Waals surface area contributed by atoms with Gasteiger partial charge in [-0.2, -0.15) is 0 Å². The van der Waals surface area contributed by atoms with Crippen molar-refractivity contribution in [3.05, 3.63) is 23.3 Å². The number of methoxy groups -OCH3 is 2. The van der Waals surface area contributed by atoms with E-state index in [0.717, 1.165) is 28.2 Å². The van der Waals surface area contributed by atoms with Crippen LogP contribution >= 0.6 is 0 Å². The molecule has 0 fully saturated rings. The molecule has 0 spiro atoms. The van der Waals surface area contributed by atoms with E-state index in [-0.39, 0.29) is 5.88 Å². The second-order valence-corrected chi connectivity index (χ2v) is 4.04. The van der Waals surface area contributed by atoms with Crippen LogP contribution in [0.15, 0.2) is 16.7 Å². The lowest BCUT2D eigenvalue weighted by atomic mass is 10.00. The minimum absolute atomic E-state index is 0.270. The molecule has 0 saturated heterocycles. The quantitative estimate of drug-likeness (QED) is 0.903. The first-order valence-corrected chi connectivity index (χ1v) is 5.53. The van der Waals surface area contributed by atoms with E-state index in [0.29, 0.717) is 5.69 Å². The van der Waals surface area contributed by atoms with Gasteiger partial charge in [-0.1, -0.05) is 5.16 Å². The number of nitrogen functional groups attached to an aromatic ring is 1. The maximum absolute atomic E-state index is 5.56. The molecule has 0 amide bonds. The van der Waals surface area contributed by atoms with Crippen molar-refractivity contribution in [3.63, 3.8) is 0 Å². The van der Waals surface area contributed by atoms with Crippen LogP contribution in [0.25, 0.3) is 11.3 Å². The highest BCUT2D eigenvalue weighted by atomic mass is 16.5. The SMILES string of the molecule is COc1cc(C)c(OC)c(-c2cc(N)on2)c1C. The lowest BCUT2D eigenvalue weighted by Gasteiger charge is -2.15. The molecule has 0 aliphatic heterocycles. The van der Waals surface area contributed by atoms with Gasteiger partial charge >= 0.3 is 0 Å². The molecule has 0 aliphatic rings. The molecule has 0 radical (unpaired) electrons. The fraction of sp³-hybridized carbons (Fsp3) is 0.308. The third-order valence-electron chi connectivity index (χ3n) is 2.89. The maximum Gasteiger partial charge on any atom is 0.222 e. The van der Waals surface area contributed by atoms with Crippen molar-refractivity contribution in [2.45, 2.75) is 13.8 Å². The number of ether oxygens (including phenoxy) is 2. The summed E-state index contributed by atoms with van der Waals surface area (Å²) in [6, 6.07) is 3.60. The zero-order valence-corrected chi connectivity index (χ0v) is 10.9. The molecule has 1 heterocycles. The van der Waals surface area contributed by atoms with Crippen LogP contribution in [0.5, 0.6) is 11.5 Å². The molecule has 0 saturated carbocycles. The van der Waals surface area contributed by atoms with Gasteiger partial charge in [0, 0.05) is 11.6 Å². The zero-order valence-electron chi connectivity index (χ0n) is 10.9. The number of aromatic nitrogens is 1. The van der Waals surface area contributed by atoms with Gasteiger partial charge < -0.3 is 19.7 Å². The highest BCUT2D eigenvalue weighted by molar-refractivity contribution is 5.76. The summed E-state index contributed by atoms with van der Waals surface area (Å²) >= 11 is 0. The first-order valence-electron chi connectivity index (χ1n) is 5.53. The van der Waals surface area contributed by atoms with E-state index >= 15 is 0 Å². The number of hydrogen-bond acceptors (Lipinski definition) is 5. The molecular formula is C13H16N2O3. The number of benzene rings is 1. The van der Waals surface area contributed by atoms with Gasteiger partial charge in [0.25, 0.3) is 0 Å². The average Bonchev–Trinajstić information content (AvgIpc) is 2.77. The Labute approximate surface area is 105 Å². The number of rotatable bonds is 3. The normalized spacial score (nSPS) is 10.4. The lowest BCUT2D eigenvalue weighted by molar-refractivity contribution is 0.398. The zero-order chi connectivity index (χ0) is 13.3. The lowest BCUT2D eigenvalue weighted by Crippen LogP contribution is -1.98. The molecule has 5 heteroatoms. The molecule has 0 atom stereocenters. The Kier molecular flexibility index (Phi) is 3.14. The van der Waals surface area contributed by atoms with E-state index in [9.17, 15) is 0 Å². The van der Waals surface area contributed by atoms with Gasteiger partial charge in [-0.15, -0.1) is 0 Å². The highest BCUT2D eigenvalue weighted by Gasteiger charge is 2.19. The monoisotopic (exact) mass is 248 g/mol. The smallest absolute Gasteiger partial charge is 0.222 e. The van der Waals surface area contributed by atoms with Crippen molar-refractivity contribution in [2.24, 2.45) is 0 Å². The Balaban J connectivity index is 2.73. The molecule has 2 aromatic rings. The molecule has 0 bridgehead atoms. The standard InChI is InChI=1S/C13H16N2O3/c1-7-5-10(16-3)8(2)12(13(7)17-4)9-6-11(14)18-15-9/h5-6H,14H2,1-4H3. The van der Waals surface area contributed by atoms with Crippen molar-refractivity contribution in [1.29, 1.82) is 0 Å². The van der Waals surface area contributed by atoms with Crippen LogP contribution in [-0.2, 0) is 0 Å². The summed E-state index contributed by atoms with van der Waals surface area (Å²) in [5.41, 5.74) is 8.96. The number of nitrogens with two attached hydrogens (primary N) is 1. The van der Waals surface area contributed by atoms with E-state index in [4.69, 9.17) is 19.7 Å². The second-order valence-electron chi connectivity index (χ2n) is 4.04. The van der Waals surface area contributed by atoms with Crippen LogP contribution < -0.4 is 15.2 Å². The van der Waals surface area contributed by atoms with Crippen molar-refractivity contribution < 1.29 is 14.0 Å². The summed E-state index contributed by atoms with van der Waals surface area (Å²) in [4.78, 5) is 0. The number of anilines is 1. The maximum atomic E-state index is 5.56. The Morgan fingerprint density at radius 1 is 1.17 bits per heavy atom. The molecule has 1 aromatic heterocycles. The summed E-state index contributed by atoms with van der Waals surface area (Å²) < 4.78 is 15.7. The number of hydrogen-bond donors (Lipinski definition) is 1. The van der Waals surface area contributed by atoms with Gasteiger partial charge in [0.05, 0.1) is 19.8 Å². The van der Waals surface area contributed by atoms with Crippen LogP contribution in [0, 0.1) is 13.8 Å². The van der Waals surface area contributed by atoms with Gasteiger partial charge in [-0.05, 0) is 25.5 Å². The molecular weight excluding hydrogens is 232 g/mol. The topological polar surface area (TPSA) is 70.5 Å². The van der Waals surface area contributed by atoms with Gasteiger partial charge in [-0.3, -0.25) is 0 Å². The summed E-state index contributed by atoms with van der Waals surface area (Å²) in [5.74, 6) is 1.80. The molecule has 1 aromatic carbocycles. The fourth-order valence-corrected chi connectivity index (χ4v) is 2.05. The molecule has 2 rings (SSSR count). The third-order valence-corrected chi connectivity index (χ3v) is 2.89. The van der Waals surface area contributed by atoms with Crippen molar-refractivity contribution >= 4 is 5.88 Å². The van der Waals surface area contributed by atoms with Crippen molar-refractivity contribution in [2.75, 3.05) is 20.0 Å². The second kappa shape index (κ2) is 4.60. The van der Waals surface area contributed by atoms with Gasteiger partial charge in [-0.25, -0.2) is 0 Å². The summed E-state index contributed by atoms with van der Waals surface area (Å²) in [7, 11) is 3.26. The predicted molar refractivity (Wildman–Crippen MR) is 68.9 cm³/mol. The van der Waals surface area contributed by atoms with Crippen LogP contribution in [0.1, 0.15) is 11.1 Å². The third kappa shape index (κ3) is 1.88. The van der Waals surface area contributed by atoms with Crippen LogP contribution in [-0.4, -0.2) is 19.4 Å². The summed E-state index contributed by atoms with van der Waals surface area (Å²) in [6.07, 6.45) is 0. The van der Waals surface area contributed by atoms with Crippen molar-refractivity contribution in [1.82, 2.24) is 5.16 Å². The Morgan fingerprint density at radius 2 is 1.89 bits per heavy atom. The van der Waals surface area contributed by atoms with E-state index in [1.54, 1.807) is 20.3 Å². The number of aryl methyl sites for hydroxylation is 1.